The number of aryl methyl sites for hydroxylation is 1. The number of hydrogen-bond acceptors (Lipinski definition) is 3. The van der Waals surface area contributed by atoms with E-state index in [0.29, 0.717) is 18.2 Å². The van der Waals surface area contributed by atoms with Crippen LogP contribution in [0, 0.1) is 0 Å². The van der Waals surface area contributed by atoms with E-state index in [1.54, 1.807) is 17.1 Å². The second-order valence-electron chi connectivity index (χ2n) is 4.34. The summed E-state index contributed by atoms with van der Waals surface area (Å²) in [5.41, 5.74) is 0.701. The van der Waals surface area contributed by atoms with Crippen LogP contribution in [0.25, 0.3) is 0 Å². The van der Waals surface area contributed by atoms with E-state index in [1.807, 2.05) is 7.05 Å². The van der Waals surface area contributed by atoms with Crippen molar-refractivity contribution in [2.24, 2.45) is 7.05 Å². The molecule has 4 nitrogen and oxygen atoms in total. The first kappa shape index (κ1) is 11.3. The van der Waals surface area contributed by atoms with Crippen LogP contribution >= 0.6 is 0 Å². The number of hydrogen-bond donors (Lipinski definition) is 0. The molecular weight excluding hydrogens is 204 g/mol. The molecule has 1 saturated heterocycles. The Hall–Kier alpha value is -1.16. The summed E-state index contributed by atoms with van der Waals surface area (Å²) in [7, 11) is 1.85. The lowest BCUT2D eigenvalue weighted by molar-refractivity contribution is 0.0917. The molecule has 1 fully saturated rings. The molecule has 0 bridgehead atoms. The highest BCUT2D eigenvalue weighted by molar-refractivity contribution is 5.94. The van der Waals surface area contributed by atoms with Crippen LogP contribution in [0.4, 0.5) is 0 Å². The van der Waals surface area contributed by atoms with Crippen LogP contribution in [0.3, 0.4) is 0 Å². The molecule has 1 aromatic heterocycles. The average molecular weight is 222 g/mol. The number of ketones is 1. The van der Waals surface area contributed by atoms with Gasteiger partial charge in [-0.15, -0.1) is 0 Å². The second-order valence-corrected chi connectivity index (χ2v) is 4.34. The standard InChI is InChI=1S/C12H18N2O2/c1-14-9-13-8-11(14)12(15)6-2-4-10-5-3-7-16-10/h8-10H,2-7H2,1H3. The van der Waals surface area contributed by atoms with Crippen molar-refractivity contribution < 1.29 is 9.53 Å². The summed E-state index contributed by atoms with van der Waals surface area (Å²) in [6.07, 6.45) is 8.51. The first-order valence-corrected chi connectivity index (χ1v) is 5.88. The van der Waals surface area contributed by atoms with Gasteiger partial charge in [-0.05, 0) is 25.7 Å². The fourth-order valence-corrected chi connectivity index (χ4v) is 2.12. The highest BCUT2D eigenvalue weighted by atomic mass is 16.5. The largest absolute Gasteiger partial charge is 0.378 e. The SMILES string of the molecule is Cn1cncc1C(=O)CCCC1CCCO1. The zero-order valence-corrected chi connectivity index (χ0v) is 9.69. The Balaban J connectivity index is 1.73. The van der Waals surface area contributed by atoms with Gasteiger partial charge in [-0.25, -0.2) is 4.98 Å². The monoisotopic (exact) mass is 222 g/mol. The molecule has 2 heterocycles. The fourth-order valence-electron chi connectivity index (χ4n) is 2.12. The fraction of sp³-hybridized carbons (Fsp3) is 0.667. The number of aromatic nitrogens is 2. The minimum Gasteiger partial charge on any atom is -0.378 e. The molecule has 1 aliphatic rings. The molecule has 0 aliphatic carbocycles. The van der Waals surface area contributed by atoms with E-state index in [9.17, 15) is 4.79 Å². The number of Topliss-reactive ketones (excluding diaryl/α,β-unsaturated/α-hetero) is 1. The second kappa shape index (κ2) is 5.25. The molecule has 2 rings (SSSR count). The van der Waals surface area contributed by atoms with Crippen molar-refractivity contribution in [3.05, 3.63) is 18.2 Å². The molecule has 0 saturated carbocycles. The average Bonchev–Trinajstić information content (AvgIpc) is 2.88. The summed E-state index contributed by atoms with van der Waals surface area (Å²) in [4.78, 5) is 15.7. The number of imidazole rings is 1. The van der Waals surface area contributed by atoms with Gasteiger partial charge in [0.15, 0.2) is 5.78 Å². The lowest BCUT2D eigenvalue weighted by Crippen LogP contribution is -2.08. The molecule has 1 atom stereocenters. The molecule has 4 heteroatoms. The number of carbonyl (C=O) groups is 1. The topological polar surface area (TPSA) is 44.1 Å². The molecule has 0 spiro atoms. The third-order valence-corrected chi connectivity index (χ3v) is 3.06. The molecular formula is C12H18N2O2. The van der Waals surface area contributed by atoms with E-state index in [0.717, 1.165) is 25.9 Å². The van der Waals surface area contributed by atoms with Gasteiger partial charge in [0, 0.05) is 20.1 Å². The minimum absolute atomic E-state index is 0.179. The van der Waals surface area contributed by atoms with Gasteiger partial charge in [-0.2, -0.15) is 0 Å². The molecule has 88 valence electrons. The molecule has 1 aliphatic heterocycles. The van der Waals surface area contributed by atoms with Crippen LogP contribution in [0.5, 0.6) is 0 Å². The van der Waals surface area contributed by atoms with Gasteiger partial charge >= 0.3 is 0 Å². The van der Waals surface area contributed by atoms with Crippen molar-refractivity contribution in [1.29, 1.82) is 0 Å². The molecule has 0 amide bonds. The van der Waals surface area contributed by atoms with Crippen molar-refractivity contribution >= 4 is 5.78 Å². The Morgan fingerprint density at radius 3 is 3.19 bits per heavy atom. The van der Waals surface area contributed by atoms with Crippen LogP contribution < -0.4 is 0 Å². The van der Waals surface area contributed by atoms with Crippen LogP contribution in [-0.4, -0.2) is 28.0 Å². The summed E-state index contributed by atoms with van der Waals surface area (Å²) in [5.74, 6) is 0.179. The highest BCUT2D eigenvalue weighted by Crippen LogP contribution is 2.18. The number of carbonyl (C=O) groups excluding carboxylic acids is 1. The first-order chi connectivity index (χ1) is 7.77. The van der Waals surface area contributed by atoms with E-state index >= 15 is 0 Å². The van der Waals surface area contributed by atoms with Gasteiger partial charge in [-0.1, -0.05) is 0 Å². The van der Waals surface area contributed by atoms with Crippen molar-refractivity contribution in [1.82, 2.24) is 9.55 Å². The highest BCUT2D eigenvalue weighted by Gasteiger charge is 2.16. The van der Waals surface area contributed by atoms with E-state index in [2.05, 4.69) is 4.98 Å². The maximum absolute atomic E-state index is 11.8. The van der Waals surface area contributed by atoms with E-state index < -0.39 is 0 Å². The predicted molar refractivity (Wildman–Crippen MR) is 60.4 cm³/mol. The van der Waals surface area contributed by atoms with Gasteiger partial charge < -0.3 is 9.30 Å². The Labute approximate surface area is 95.6 Å². The minimum atomic E-state index is 0.179. The van der Waals surface area contributed by atoms with Gasteiger partial charge in [0.1, 0.15) is 5.69 Å². The molecule has 0 radical (unpaired) electrons. The van der Waals surface area contributed by atoms with Crippen molar-refractivity contribution in [2.45, 2.75) is 38.2 Å². The van der Waals surface area contributed by atoms with Gasteiger partial charge in [0.25, 0.3) is 0 Å². The quantitative estimate of drug-likeness (QED) is 0.715. The Morgan fingerprint density at radius 1 is 1.69 bits per heavy atom. The molecule has 16 heavy (non-hydrogen) atoms. The van der Waals surface area contributed by atoms with Crippen molar-refractivity contribution in [2.75, 3.05) is 6.61 Å². The van der Waals surface area contributed by atoms with E-state index in [1.165, 1.54) is 6.42 Å². The smallest absolute Gasteiger partial charge is 0.180 e. The summed E-state index contributed by atoms with van der Waals surface area (Å²) in [6, 6.07) is 0. The van der Waals surface area contributed by atoms with Gasteiger partial charge in [0.05, 0.1) is 18.6 Å². The van der Waals surface area contributed by atoms with Gasteiger partial charge in [-0.3, -0.25) is 4.79 Å². The van der Waals surface area contributed by atoms with Crippen LogP contribution in [0.1, 0.15) is 42.6 Å². The first-order valence-electron chi connectivity index (χ1n) is 5.88. The third-order valence-electron chi connectivity index (χ3n) is 3.06. The predicted octanol–water partition coefficient (Wildman–Crippen LogP) is 1.95. The molecule has 0 N–H and O–H groups in total. The lowest BCUT2D eigenvalue weighted by atomic mass is 10.1. The van der Waals surface area contributed by atoms with E-state index in [4.69, 9.17) is 4.74 Å². The summed E-state index contributed by atoms with van der Waals surface area (Å²) in [5, 5.41) is 0. The Bertz CT molecular complexity index is 354. The molecule has 1 aromatic rings. The van der Waals surface area contributed by atoms with Crippen molar-refractivity contribution in [3.8, 4) is 0 Å². The van der Waals surface area contributed by atoms with Crippen LogP contribution in [0.2, 0.25) is 0 Å². The Kier molecular flexibility index (Phi) is 3.72. The number of ether oxygens (including phenoxy) is 1. The van der Waals surface area contributed by atoms with Gasteiger partial charge in [0.2, 0.25) is 0 Å². The Morgan fingerprint density at radius 2 is 2.56 bits per heavy atom. The van der Waals surface area contributed by atoms with Crippen LogP contribution in [-0.2, 0) is 11.8 Å². The number of nitrogens with zero attached hydrogens (tertiary/aromatic N) is 2. The summed E-state index contributed by atoms with van der Waals surface area (Å²) >= 11 is 0. The number of rotatable bonds is 5. The maximum atomic E-state index is 11.8. The van der Waals surface area contributed by atoms with E-state index in [-0.39, 0.29) is 5.78 Å². The third kappa shape index (κ3) is 2.70. The molecule has 1 unspecified atom stereocenters. The summed E-state index contributed by atoms with van der Waals surface area (Å²) < 4.78 is 7.29. The zero-order valence-electron chi connectivity index (χ0n) is 9.69. The summed E-state index contributed by atoms with van der Waals surface area (Å²) in [6.45, 7) is 0.889. The normalized spacial score (nSPS) is 20.2. The molecule has 0 aromatic carbocycles. The maximum Gasteiger partial charge on any atom is 0.180 e. The van der Waals surface area contributed by atoms with Crippen molar-refractivity contribution in [3.63, 3.8) is 0 Å². The lowest BCUT2D eigenvalue weighted by Gasteiger charge is -2.08. The zero-order chi connectivity index (χ0) is 11.4. The van der Waals surface area contributed by atoms with Crippen LogP contribution in [0.15, 0.2) is 12.5 Å².